The van der Waals surface area contributed by atoms with E-state index in [0.717, 1.165) is 26.2 Å². The van der Waals surface area contributed by atoms with Gasteiger partial charge in [-0.2, -0.15) is 0 Å². The molecule has 1 aliphatic rings. The van der Waals surface area contributed by atoms with Gasteiger partial charge < -0.3 is 10.1 Å². The second kappa shape index (κ2) is 4.63. The Labute approximate surface area is 60.8 Å². The topological polar surface area (TPSA) is 21.3 Å². The molecular formula is C7H14FNO. The van der Waals surface area contributed by atoms with Crippen molar-refractivity contribution in [1.82, 2.24) is 5.32 Å². The molecule has 1 saturated heterocycles. The van der Waals surface area contributed by atoms with Crippen LogP contribution in [-0.4, -0.2) is 33.0 Å². The molecular weight excluding hydrogens is 133 g/mol. The first kappa shape index (κ1) is 7.95. The summed E-state index contributed by atoms with van der Waals surface area (Å²) in [6.45, 7) is 2.84. The summed E-state index contributed by atoms with van der Waals surface area (Å²) in [6, 6.07) is 0. The fourth-order valence-corrected chi connectivity index (χ4v) is 1.12. The summed E-state index contributed by atoms with van der Waals surface area (Å²) in [7, 11) is 0. The standard InChI is InChI=1S/C7H14FNO/c8-2-3-9-5-7-1-4-10-6-7/h7,9H,1-6H2. The van der Waals surface area contributed by atoms with Crippen LogP contribution in [0.3, 0.4) is 0 Å². The molecule has 1 atom stereocenters. The van der Waals surface area contributed by atoms with Crippen LogP contribution in [0.1, 0.15) is 6.42 Å². The second-order valence-electron chi connectivity index (χ2n) is 2.62. The largest absolute Gasteiger partial charge is 0.381 e. The SMILES string of the molecule is FCCNCC1CCOC1. The fourth-order valence-electron chi connectivity index (χ4n) is 1.12. The molecule has 10 heavy (non-hydrogen) atoms. The van der Waals surface area contributed by atoms with Crippen LogP contribution in [0, 0.1) is 5.92 Å². The Morgan fingerprint density at radius 3 is 3.10 bits per heavy atom. The van der Waals surface area contributed by atoms with Crippen molar-refractivity contribution in [2.75, 3.05) is 33.0 Å². The second-order valence-corrected chi connectivity index (χ2v) is 2.62. The van der Waals surface area contributed by atoms with Gasteiger partial charge in [-0.25, -0.2) is 4.39 Å². The molecule has 1 fully saturated rings. The average molecular weight is 147 g/mol. The van der Waals surface area contributed by atoms with E-state index in [1.54, 1.807) is 0 Å². The highest BCUT2D eigenvalue weighted by molar-refractivity contribution is 4.66. The lowest BCUT2D eigenvalue weighted by atomic mass is 10.1. The van der Waals surface area contributed by atoms with Crippen LogP contribution in [0.5, 0.6) is 0 Å². The van der Waals surface area contributed by atoms with Crippen molar-refractivity contribution in [1.29, 1.82) is 0 Å². The minimum absolute atomic E-state index is 0.270. The van der Waals surface area contributed by atoms with Crippen molar-refractivity contribution in [3.63, 3.8) is 0 Å². The molecule has 3 heteroatoms. The molecule has 1 heterocycles. The Morgan fingerprint density at radius 2 is 2.50 bits per heavy atom. The van der Waals surface area contributed by atoms with E-state index in [-0.39, 0.29) is 6.67 Å². The predicted octanol–water partition coefficient (Wildman–Crippen LogP) is 0.582. The van der Waals surface area contributed by atoms with E-state index in [4.69, 9.17) is 4.74 Å². The molecule has 2 nitrogen and oxygen atoms in total. The number of halogens is 1. The van der Waals surface area contributed by atoms with E-state index in [1.807, 2.05) is 0 Å². The number of nitrogens with one attached hydrogen (secondary N) is 1. The number of hydrogen-bond acceptors (Lipinski definition) is 2. The van der Waals surface area contributed by atoms with Gasteiger partial charge in [0.1, 0.15) is 6.67 Å². The Balaban J connectivity index is 1.91. The lowest BCUT2D eigenvalue weighted by Gasteiger charge is -2.06. The van der Waals surface area contributed by atoms with Crippen LogP contribution >= 0.6 is 0 Å². The molecule has 0 aliphatic carbocycles. The van der Waals surface area contributed by atoms with Crippen molar-refractivity contribution in [2.24, 2.45) is 5.92 Å². The monoisotopic (exact) mass is 147 g/mol. The first-order valence-corrected chi connectivity index (χ1v) is 3.78. The minimum atomic E-state index is -0.270. The van der Waals surface area contributed by atoms with Gasteiger partial charge in [-0.05, 0) is 12.3 Å². The normalized spacial score (nSPS) is 25.5. The molecule has 0 aromatic rings. The molecule has 0 aromatic heterocycles. The van der Waals surface area contributed by atoms with Crippen LogP contribution in [0.15, 0.2) is 0 Å². The number of rotatable bonds is 4. The van der Waals surface area contributed by atoms with Gasteiger partial charge >= 0.3 is 0 Å². The molecule has 1 aliphatic heterocycles. The Morgan fingerprint density at radius 1 is 1.60 bits per heavy atom. The maximum absolute atomic E-state index is 11.6. The van der Waals surface area contributed by atoms with Crippen molar-refractivity contribution >= 4 is 0 Å². The lowest BCUT2D eigenvalue weighted by Crippen LogP contribution is -2.24. The Kier molecular flexibility index (Phi) is 3.68. The highest BCUT2D eigenvalue weighted by Gasteiger charge is 2.14. The fraction of sp³-hybridized carbons (Fsp3) is 1.00. The van der Waals surface area contributed by atoms with Gasteiger partial charge in [-0.15, -0.1) is 0 Å². The quantitative estimate of drug-likeness (QED) is 0.587. The maximum Gasteiger partial charge on any atom is 0.102 e. The summed E-state index contributed by atoms with van der Waals surface area (Å²) in [5, 5.41) is 3.02. The summed E-state index contributed by atoms with van der Waals surface area (Å²) in [6.07, 6.45) is 1.12. The van der Waals surface area contributed by atoms with Crippen LogP contribution < -0.4 is 5.32 Å². The van der Waals surface area contributed by atoms with Crippen molar-refractivity contribution < 1.29 is 9.13 Å². The van der Waals surface area contributed by atoms with Crippen LogP contribution in [-0.2, 0) is 4.74 Å². The summed E-state index contributed by atoms with van der Waals surface area (Å²) >= 11 is 0. The molecule has 0 radical (unpaired) electrons. The van der Waals surface area contributed by atoms with E-state index in [9.17, 15) is 4.39 Å². The van der Waals surface area contributed by atoms with Crippen molar-refractivity contribution in [3.05, 3.63) is 0 Å². The van der Waals surface area contributed by atoms with Crippen molar-refractivity contribution in [3.8, 4) is 0 Å². The zero-order valence-electron chi connectivity index (χ0n) is 6.11. The van der Waals surface area contributed by atoms with Crippen molar-refractivity contribution in [2.45, 2.75) is 6.42 Å². The highest BCUT2D eigenvalue weighted by Crippen LogP contribution is 2.10. The predicted molar refractivity (Wildman–Crippen MR) is 37.8 cm³/mol. The number of alkyl halides is 1. The van der Waals surface area contributed by atoms with Crippen LogP contribution in [0.2, 0.25) is 0 Å². The smallest absolute Gasteiger partial charge is 0.102 e. The van der Waals surface area contributed by atoms with Gasteiger partial charge in [0.2, 0.25) is 0 Å². The Hall–Kier alpha value is -0.150. The first-order valence-electron chi connectivity index (χ1n) is 3.78. The lowest BCUT2D eigenvalue weighted by molar-refractivity contribution is 0.185. The molecule has 1 rings (SSSR count). The first-order chi connectivity index (χ1) is 4.93. The molecule has 1 unspecified atom stereocenters. The number of hydrogen-bond donors (Lipinski definition) is 1. The third-order valence-electron chi connectivity index (χ3n) is 1.73. The third-order valence-corrected chi connectivity index (χ3v) is 1.73. The van der Waals surface area contributed by atoms with Gasteiger partial charge in [0.15, 0.2) is 0 Å². The van der Waals surface area contributed by atoms with Crippen LogP contribution in [0.4, 0.5) is 4.39 Å². The molecule has 0 amide bonds. The Bertz CT molecular complexity index is 83.7. The zero-order valence-corrected chi connectivity index (χ0v) is 6.11. The van der Waals surface area contributed by atoms with E-state index in [0.29, 0.717) is 12.5 Å². The molecule has 60 valence electrons. The minimum Gasteiger partial charge on any atom is -0.381 e. The summed E-state index contributed by atoms with van der Waals surface area (Å²) < 4.78 is 16.7. The average Bonchev–Trinajstić information content (AvgIpc) is 2.41. The van der Waals surface area contributed by atoms with Gasteiger partial charge in [0, 0.05) is 19.7 Å². The van der Waals surface area contributed by atoms with E-state index in [2.05, 4.69) is 5.32 Å². The molecule has 0 bridgehead atoms. The van der Waals surface area contributed by atoms with Gasteiger partial charge in [-0.3, -0.25) is 0 Å². The maximum atomic E-state index is 11.6. The number of ether oxygens (including phenoxy) is 1. The molecule has 0 saturated carbocycles. The van der Waals surface area contributed by atoms with Crippen LogP contribution in [0.25, 0.3) is 0 Å². The third kappa shape index (κ3) is 2.62. The van der Waals surface area contributed by atoms with Gasteiger partial charge in [0.05, 0.1) is 6.61 Å². The summed E-state index contributed by atoms with van der Waals surface area (Å²) in [4.78, 5) is 0. The van der Waals surface area contributed by atoms with Gasteiger partial charge in [0.25, 0.3) is 0 Å². The van der Waals surface area contributed by atoms with Gasteiger partial charge in [-0.1, -0.05) is 0 Å². The molecule has 0 aromatic carbocycles. The summed E-state index contributed by atoms with van der Waals surface area (Å²) in [5.74, 6) is 0.617. The summed E-state index contributed by atoms with van der Waals surface area (Å²) in [5.41, 5.74) is 0. The highest BCUT2D eigenvalue weighted by atomic mass is 19.1. The molecule has 0 spiro atoms. The zero-order chi connectivity index (χ0) is 7.23. The molecule has 1 N–H and O–H groups in total. The van der Waals surface area contributed by atoms with E-state index < -0.39 is 0 Å². The van der Waals surface area contributed by atoms with E-state index >= 15 is 0 Å². The van der Waals surface area contributed by atoms with E-state index in [1.165, 1.54) is 0 Å².